The lowest BCUT2D eigenvalue weighted by Crippen LogP contribution is -2.43. The van der Waals surface area contributed by atoms with Crippen LogP contribution < -0.4 is 5.73 Å². The van der Waals surface area contributed by atoms with Crippen LogP contribution in [0.15, 0.2) is 0 Å². The lowest BCUT2D eigenvalue weighted by molar-refractivity contribution is 0.140. The van der Waals surface area contributed by atoms with Crippen molar-refractivity contribution in [1.82, 2.24) is 9.80 Å². The molecule has 0 amide bonds. The lowest BCUT2D eigenvalue weighted by Gasteiger charge is -2.35. The first-order valence-corrected chi connectivity index (χ1v) is 6.65. The van der Waals surface area contributed by atoms with E-state index in [1.807, 2.05) is 0 Å². The minimum Gasteiger partial charge on any atom is -0.327 e. The smallest absolute Gasteiger partial charge is 0.0117 e. The van der Waals surface area contributed by atoms with E-state index in [1.165, 1.54) is 25.9 Å². The molecule has 1 fully saturated rings. The first-order valence-electron chi connectivity index (χ1n) is 6.65. The van der Waals surface area contributed by atoms with Gasteiger partial charge < -0.3 is 15.5 Å². The second kappa shape index (κ2) is 6.58. The van der Waals surface area contributed by atoms with Crippen LogP contribution in [-0.4, -0.2) is 55.6 Å². The molecule has 0 aromatic carbocycles. The van der Waals surface area contributed by atoms with Gasteiger partial charge in [-0.15, -0.1) is 0 Å². The minimum absolute atomic E-state index is 0.355. The van der Waals surface area contributed by atoms with Crippen LogP contribution in [0.4, 0.5) is 0 Å². The Balaban J connectivity index is 2.22. The molecule has 1 atom stereocenters. The van der Waals surface area contributed by atoms with E-state index in [0.717, 1.165) is 19.0 Å². The summed E-state index contributed by atoms with van der Waals surface area (Å²) in [6.45, 7) is 8.05. The fraction of sp³-hybridized carbons (Fsp3) is 1.00. The quantitative estimate of drug-likeness (QED) is 0.770. The number of nitrogens with zero attached hydrogens (tertiary/aromatic N) is 2. The summed E-state index contributed by atoms with van der Waals surface area (Å²) in [4.78, 5) is 4.93. The fourth-order valence-corrected chi connectivity index (χ4v) is 2.30. The Kier molecular flexibility index (Phi) is 5.73. The van der Waals surface area contributed by atoms with Crippen LogP contribution in [0.5, 0.6) is 0 Å². The lowest BCUT2D eigenvalue weighted by atomic mass is 10.00. The topological polar surface area (TPSA) is 32.5 Å². The number of hydrogen-bond acceptors (Lipinski definition) is 3. The van der Waals surface area contributed by atoms with E-state index in [-0.39, 0.29) is 0 Å². The first kappa shape index (κ1) is 13.9. The van der Waals surface area contributed by atoms with Gasteiger partial charge in [0, 0.05) is 12.1 Å². The monoisotopic (exact) mass is 227 g/mol. The number of rotatable bonds is 5. The van der Waals surface area contributed by atoms with Crippen molar-refractivity contribution in [3.63, 3.8) is 0 Å². The average molecular weight is 227 g/mol. The van der Waals surface area contributed by atoms with E-state index in [2.05, 4.69) is 37.7 Å². The maximum absolute atomic E-state index is 6.08. The largest absolute Gasteiger partial charge is 0.327 e. The summed E-state index contributed by atoms with van der Waals surface area (Å²) in [5, 5.41) is 0. The third-order valence-electron chi connectivity index (χ3n) is 3.98. The molecule has 2 N–H and O–H groups in total. The maximum Gasteiger partial charge on any atom is 0.0117 e. The van der Waals surface area contributed by atoms with Crippen LogP contribution in [0.1, 0.15) is 33.1 Å². The van der Waals surface area contributed by atoms with E-state index >= 15 is 0 Å². The minimum atomic E-state index is 0.355. The highest BCUT2D eigenvalue weighted by molar-refractivity contribution is 4.78. The Hall–Kier alpha value is -0.120. The van der Waals surface area contributed by atoms with Crippen molar-refractivity contribution in [3.05, 3.63) is 0 Å². The highest BCUT2D eigenvalue weighted by Crippen LogP contribution is 2.15. The van der Waals surface area contributed by atoms with Gasteiger partial charge in [-0.05, 0) is 58.9 Å². The third-order valence-corrected chi connectivity index (χ3v) is 3.98. The predicted octanol–water partition coefficient (Wildman–Crippen LogP) is 1.39. The summed E-state index contributed by atoms with van der Waals surface area (Å²) in [6.07, 6.45) is 3.74. The SMILES string of the molecule is CC(C)[C@H](N)CCN(C)C1CCN(C)CC1. The van der Waals surface area contributed by atoms with Crippen LogP contribution in [0.2, 0.25) is 0 Å². The van der Waals surface area contributed by atoms with Gasteiger partial charge in [-0.2, -0.15) is 0 Å². The van der Waals surface area contributed by atoms with E-state index in [4.69, 9.17) is 5.73 Å². The van der Waals surface area contributed by atoms with Crippen molar-refractivity contribution < 1.29 is 0 Å². The molecule has 0 spiro atoms. The van der Waals surface area contributed by atoms with Crippen LogP contribution in [0.25, 0.3) is 0 Å². The molecule has 3 heteroatoms. The van der Waals surface area contributed by atoms with Gasteiger partial charge in [-0.25, -0.2) is 0 Å². The molecule has 1 aliphatic heterocycles. The molecule has 1 saturated heterocycles. The zero-order valence-corrected chi connectivity index (χ0v) is 11.4. The van der Waals surface area contributed by atoms with Crippen molar-refractivity contribution in [3.8, 4) is 0 Å². The second-order valence-electron chi connectivity index (χ2n) is 5.71. The second-order valence-corrected chi connectivity index (χ2v) is 5.71. The fourth-order valence-electron chi connectivity index (χ4n) is 2.30. The van der Waals surface area contributed by atoms with Crippen molar-refractivity contribution in [2.75, 3.05) is 33.7 Å². The molecule has 0 radical (unpaired) electrons. The number of piperidine rings is 1. The maximum atomic E-state index is 6.08. The molecule has 96 valence electrons. The Morgan fingerprint density at radius 2 is 1.88 bits per heavy atom. The Labute approximate surface area is 101 Å². The predicted molar refractivity (Wildman–Crippen MR) is 70.6 cm³/mol. The highest BCUT2D eigenvalue weighted by Gasteiger charge is 2.20. The van der Waals surface area contributed by atoms with E-state index in [0.29, 0.717) is 12.0 Å². The van der Waals surface area contributed by atoms with Crippen LogP contribution >= 0.6 is 0 Å². The summed E-state index contributed by atoms with van der Waals surface area (Å²) in [5.41, 5.74) is 6.08. The van der Waals surface area contributed by atoms with Crippen LogP contribution in [0, 0.1) is 5.92 Å². The van der Waals surface area contributed by atoms with Gasteiger partial charge in [0.2, 0.25) is 0 Å². The van der Waals surface area contributed by atoms with E-state index in [1.54, 1.807) is 0 Å². The van der Waals surface area contributed by atoms with Gasteiger partial charge in [0.25, 0.3) is 0 Å². The average Bonchev–Trinajstić information content (AvgIpc) is 2.26. The molecule has 1 aliphatic rings. The number of likely N-dealkylation sites (tertiary alicyclic amines) is 1. The Bertz CT molecular complexity index is 186. The van der Waals surface area contributed by atoms with Crippen molar-refractivity contribution >= 4 is 0 Å². The van der Waals surface area contributed by atoms with Gasteiger partial charge >= 0.3 is 0 Å². The summed E-state index contributed by atoms with van der Waals surface area (Å²) >= 11 is 0. The zero-order valence-electron chi connectivity index (χ0n) is 11.4. The number of nitrogens with two attached hydrogens (primary N) is 1. The standard InChI is InChI=1S/C13H29N3/c1-11(2)13(14)7-10-16(4)12-5-8-15(3)9-6-12/h11-13H,5-10,14H2,1-4H3/t13-/m1/s1. The summed E-state index contributed by atoms with van der Waals surface area (Å²) in [5.74, 6) is 0.603. The normalized spacial score (nSPS) is 21.9. The first-order chi connectivity index (χ1) is 7.50. The molecule has 3 nitrogen and oxygen atoms in total. The molecular formula is C13H29N3. The molecule has 0 bridgehead atoms. The number of hydrogen-bond donors (Lipinski definition) is 1. The van der Waals surface area contributed by atoms with Gasteiger partial charge in [0.05, 0.1) is 0 Å². The van der Waals surface area contributed by atoms with Gasteiger partial charge in [0.15, 0.2) is 0 Å². The molecule has 16 heavy (non-hydrogen) atoms. The molecule has 1 rings (SSSR count). The molecule has 0 aliphatic carbocycles. The van der Waals surface area contributed by atoms with Crippen LogP contribution in [-0.2, 0) is 0 Å². The van der Waals surface area contributed by atoms with Crippen molar-refractivity contribution in [1.29, 1.82) is 0 Å². The molecule has 1 heterocycles. The summed E-state index contributed by atoms with van der Waals surface area (Å²) < 4.78 is 0. The Morgan fingerprint density at radius 1 is 1.31 bits per heavy atom. The Morgan fingerprint density at radius 3 is 2.38 bits per heavy atom. The van der Waals surface area contributed by atoms with Crippen molar-refractivity contribution in [2.24, 2.45) is 11.7 Å². The van der Waals surface area contributed by atoms with Gasteiger partial charge in [0.1, 0.15) is 0 Å². The molecule has 0 saturated carbocycles. The molecule has 0 unspecified atom stereocenters. The molecule has 0 aromatic rings. The third kappa shape index (κ3) is 4.40. The van der Waals surface area contributed by atoms with E-state index in [9.17, 15) is 0 Å². The summed E-state index contributed by atoms with van der Waals surface area (Å²) in [7, 11) is 4.47. The zero-order chi connectivity index (χ0) is 12.1. The summed E-state index contributed by atoms with van der Waals surface area (Å²) in [6, 6.07) is 1.13. The van der Waals surface area contributed by atoms with Gasteiger partial charge in [-0.3, -0.25) is 0 Å². The molecular weight excluding hydrogens is 198 g/mol. The highest BCUT2D eigenvalue weighted by atomic mass is 15.2. The van der Waals surface area contributed by atoms with Crippen molar-refractivity contribution in [2.45, 2.75) is 45.2 Å². The van der Waals surface area contributed by atoms with E-state index < -0.39 is 0 Å². The van der Waals surface area contributed by atoms with Gasteiger partial charge in [-0.1, -0.05) is 13.8 Å². The van der Waals surface area contributed by atoms with Crippen LogP contribution in [0.3, 0.4) is 0 Å². The molecule has 0 aromatic heterocycles.